The van der Waals surface area contributed by atoms with Gasteiger partial charge >= 0.3 is 0 Å². The molecule has 0 aliphatic heterocycles. The van der Waals surface area contributed by atoms with E-state index in [1.165, 1.54) is 16.7 Å². The first-order valence-electron chi connectivity index (χ1n) is 5.33. The molecule has 2 N–H and O–H groups in total. The average molecular weight is 191 g/mol. The molecule has 0 aliphatic rings. The third-order valence-electron chi connectivity index (χ3n) is 2.94. The molecule has 0 aliphatic carbocycles. The van der Waals surface area contributed by atoms with Crippen LogP contribution in [0.4, 0.5) is 0 Å². The van der Waals surface area contributed by atoms with Gasteiger partial charge in [-0.1, -0.05) is 32.0 Å². The van der Waals surface area contributed by atoms with Crippen LogP contribution in [0.1, 0.15) is 30.5 Å². The summed E-state index contributed by atoms with van der Waals surface area (Å²) in [6.07, 6.45) is 0.996. The molecule has 0 saturated carbocycles. The molecule has 0 heterocycles. The molecule has 0 aromatic heterocycles. The number of hydrogen-bond acceptors (Lipinski definition) is 1. The van der Waals surface area contributed by atoms with Gasteiger partial charge in [0, 0.05) is 6.04 Å². The quantitative estimate of drug-likeness (QED) is 0.781. The van der Waals surface area contributed by atoms with Crippen molar-refractivity contribution in [1.29, 1.82) is 0 Å². The minimum absolute atomic E-state index is 0.273. The first-order chi connectivity index (χ1) is 6.52. The normalized spacial score (nSPS) is 13.3. The van der Waals surface area contributed by atoms with Gasteiger partial charge < -0.3 is 5.73 Å². The van der Waals surface area contributed by atoms with E-state index in [1.54, 1.807) is 0 Å². The first kappa shape index (κ1) is 11.3. The lowest BCUT2D eigenvalue weighted by atomic mass is 9.92. The minimum Gasteiger partial charge on any atom is -0.327 e. The lowest BCUT2D eigenvalue weighted by Crippen LogP contribution is -2.29. The van der Waals surface area contributed by atoms with Gasteiger partial charge in [0.2, 0.25) is 0 Å². The topological polar surface area (TPSA) is 26.0 Å². The Hall–Kier alpha value is -0.820. The van der Waals surface area contributed by atoms with Gasteiger partial charge in [-0.15, -0.1) is 0 Å². The summed E-state index contributed by atoms with van der Waals surface area (Å²) < 4.78 is 0. The van der Waals surface area contributed by atoms with Gasteiger partial charge in [0.15, 0.2) is 0 Å². The smallest absolute Gasteiger partial charge is 0.0103 e. The predicted molar refractivity (Wildman–Crippen MR) is 62.4 cm³/mol. The Bertz CT molecular complexity index is 282. The molecule has 14 heavy (non-hydrogen) atoms. The highest BCUT2D eigenvalue weighted by molar-refractivity contribution is 5.34. The molecule has 1 aromatic carbocycles. The SMILES string of the molecule is Cc1cccc(C)c1CC(N)C(C)C. The van der Waals surface area contributed by atoms with E-state index in [2.05, 4.69) is 45.9 Å². The zero-order chi connectivity index (χ0) is 10.7. The zero-order valence-corrected chi connectivity index (χ0v) is 9.67. The Kier molecular flexibility index (Phi) is 3.70. The zero-order valence-electron chi connectivity index (χ0n) is 9.67. The van der Waals surface area contributed by atoms with Crippen molar-refractivity contribution in [2.45, 2.75) is 40.2 Å². The maximum Gasteiger partial charge on any atom is 0.0103 e. The van der Waals surface area contributed by atoms with Crippen LogP contribution < -0.4 is 5.73 Å². The summed E-state index contributed by atoms with van der Waals surface area (Å²) in [5.74, 6) is 0.550. The summed E-state index contributed by atoms with van der Waals surface area (Å²) in [5.41, 5.74) is 10.2. The lowest BCUT2D eigenvalue weighted by Gasteiger charge is -2.18. The third-order valence-corrected chi connectivity index (χ3v) is 2.94. The molecule has 0 amide bonds. The molecular formula is C13H21N. The largest absolute Gasteiger partial charge is 0.327 e. The molecule has 1 atom stereocenters. The van der Waals surface area contributed by atoms with E-state index < -0.39 is 0 Å². The predicted octanol–water partition coefficient (Wildman–Crippen LogP) is 2.83. The van der Waals surface area contributed by atoms with Crippen LogP contribution in [0.2, 0.25) is 0 Å². The summed E-state index contributed by atoms with van der Waals surface area (Å²) in [6.45, 7) is 8.68. The second-order valence-electron chi connectivity index (χ2n) is 4.48. The van der Waals surface area contributed by atoms with Gasteiger partial charge in [0.1, 0.15) is 0 Å². The second kappa shape index (κ2) is 4.61. The van der Waals surface area contributed by atoms with Crippen molar-refractivity contribution in [2.75, 3.05) is 0 Å². The fourth-order valence-electron chi connectivity index (χ4n) is 1.64. The lowest BCUT2D eigenvalue weighted by molar-refractivity contribution is 0.489. The first-order valence-corrected chi connectivity index (χ1v) is 5.33. The number of aryl methyl sites for hydroxylation is 2. The summed E-state index contributed by atoms with van der Waals surface area (Å²) in [4.78, 5) is 0. The third kappa shape index (κ3) is 2.58. The molecule has 0 spiro atoms. The van der Waals surface area contributed by atoms with Gasteiger partial charge in [-0.2, -0.15) is 0 Å². The van der Waals surface area contributed by atoms with Crippen molar-refractivity contribution in [3.8, 4) is 0 Å². The van der Waals surface area contributed by atoms with Gasteiger partial charge in [-0.25, -0.2) is 0 Å². The van der Waals surface area contributed by atoms with Crippen molar-refractivity contribution < 1.29 is 0 Å². The van der Waals surface area contributed by atoms with Gasteiger partial charge in [-0.05, 0) is 42.9 Å². The number of nitrogens with two attached hydrogens (primary N) is 1. The van der Waals surface area contributed by atoms with Crippen LogP contribution in [-0.4, -0.2) is 6.04 Å². The Labute approximate surface area is 87.3 Å². The van der Waals surface area contributed by atoms with E-state index in [9.17, 15) is 0 Å². The van der Waals surface area contributed by atoms with E-state index in [-0.39, 0.29) is 6.04 Å². The number of hydrogen-bond donors (Lipinski definition) is 1. The highest BCUT2D eigenvalue weighted by atomic mass is 14.6. The van der Waals surface area contributed by atoms with Crippen molar-refractivity contribution in [1.82, 2.24) is 0 Å². The Morgan fingerprint density at radius 2 is 1.64 bits per heavy atom. The molecule has 1 heteroatoms. The van der Waals surface area contributed by atoms with E-state index in [1.807, 2.05) is 0 Å². The molecule has 1 unspecified atom stereocenters. The van der Waals surface area contributed by atoms with E-state index in [4.69, 9.17) is 5.73 Å². The molecule has 0 fully saturated rings. The second-order valence-corrected chi connectivity index (χ2v) is 4.48. The maximum atomic E-state index is 6.09. The summed E-state index contributed by atoms with van der Waals surface area (Å²) in [6, 6.07) is 6.70. The average Bonchev–Trinajstić information content (AvgIpc) is 2.11. The molecule has 1 aromatic rings. The Balaban J connectivity index is 2.85. The van der Waals surface area contributed by atoms with E-state index in [0.29, 0.717) is 5.92 Å². The Morgan fingerprint density at radius 3 is 2.07 bits per heavy atom. The fourth-order valence-corrected chi connectivity index (χ4v) is 1.64. The highest BCUT2D eigenvalue weighted by Gasteiger charge is 2.11. The standard InChI is InChI=1S/C13H21N/c1-9(2)13(14)8-12-10(3)6-5-7-11(12)4/h5-7,9,13H,8,14H2,1-4H3. The van der Waals surface area contributed by atoms with Crippen molar-refractivity contribution in [2.24, 2.45) is 11.7 Å². The van der Waals surface area contributed by atoms with Crippen LogP contribution in [0.5, 0.6) is 0 Å². The van der Waals surface area contributed by atoms with Crippen molar-refractivity contribution >= 4 is 0 Å². The van der Waals surface area contributed by atoms with E-state index in [0.717, 1.165) is 6.42 Å². The van der Waals surface area contributed by atoms with Crippen molar-refractivity contribution in [3.63, 3.8) is 0 Å². The molecule has 1 rings (SSSR count). The van der Waals surface area contributed by atoms with Crippen LogP contribution in [0.15, 0.2) is 18.2 Å². The van der Waals surface area contributed by atoms with Crippen LogP contribution in [0.25, 0.3) is 0 Å². The van der Waals surface area contributed by atoms with Crippen molar-refractivity contribution in [3.05, 3.63) is 34.9 Å². The van der Waals surface area contributed by atoms with Crippen LogP contribution in [-0.2, 0) is 6.42 Å². The minimum atomic E-state index is 0.273. The number of rotatable bonds is 3. The van der Waals surface area contributed by atoms with Crippen LogP contribution >= 0.6 is 0 Å². The molecule has 1 nitrogen and oxygen atoms in total. The van der Waals surface area contributed by atoms with Gasteiger partial charge in [-0.3, -0.25) is 0 Å². The molecular weight excluding hydrogens is 170 g/mol. The van der Waals surface area contributed by atoms with Crippen LogP contribution in [0.3, 0.4) is 0 Å². The monoisotopic (exact) mass is 191 g/mol. The highest BCUT2D eigenvalue weighted by Crippen LogP contribution is 2.16. The summed E-state index contributed by atoms with van der Waals surface area (Å²) >= 11 is 0. The molecule has 0 bridgehead atoms. The molecule has 0 radical (unpaired) electrons. The molecule has 0 saturated heterocycles. The van der Waals surface area contributed by atoms with E-state index >= 15 is 0 Å². The summed E-state index contributed by atoms with van der Waals surface area (Å²) in [5, 5.41) is 0. The number of benzene rings is 1. The van der Waals surface area contributed by atoms with Gasteiger partial charge in [0.05, 0.1) is 0 Å². The molecule has 78 valence electrons. The van der Waals surface area contributed by atoms with Gasteiger partial charge in [0.25, 0.3) is 0 Å². The Morgan fingerprint density at radius 1 is 1.14 bits per heavy atom. The fraction of sp³-hybridized carbons (Fsp3) is 0.538. The maximum absolute atomic E-state index is 6.09. The van der Waals surface area contributed by atoms with Crippen LogP contribution in [0, 0.1) is 19.8 Å². The summed E-state index contributed by atoms with van der Waals surface area (Å²) in [7, 11) is 0.